The summed E-state index contributed by atoms with van der Waals surface area (Å²) in [6.45, 7) is 1.86. The zero-order valence-electron chi connectivity index (χ0n) is 14.9. The number of rotatable bonds is 2. The minimum atomic E-state index is 0.0574. The monoisotopic (exact) mass is 344 g/mol. The van der Waals surface area contributed by atoms with Crippen LogP contribution in [0.5, 0.6) is 0 Å². The fourth-order valence-corrected chi connectivity index (χ4v) is 4.82. The Morgan fingerprint density at radius 1 is 0.962 bits per heavy atom. The summed E-state index contributed by atoms with van der Waals surface area (Å²) in [4.78, 5) is 18.2. The van der Waals surface area contributed by atoms with E-state index in [2.05, 4.69) is 46.3 Å². The Morgan fingerprint density at radius 3 is 2.62 bits per heavy atom. The molecule has 0 saturated carbocycles. The number of nitrogens with zero attached hydrogens (tertiary/aromatic N) is 1. The second-order valence-corrected chi connectivity index (χ2v) is 7.91. The van der Waals surface area contributed by atoms with Crippen LogP contribution >= 0.6 is 0 Å². The van der Waals surface area contributed by atoms with Gasteiger partial charge in [0.05, 0.1) is 0 Å². The number of benzene rings is 2. The van der Waals surface area contributed by atoms with Crippen molar-refractivity contribution in [2.45, 2.75) is 38.3 Å². The molecule has 3 aromatic rings. The molecule has 1 aliphatic carbocycles. The molecule has 0 amide bonds. The van der Waals surface area contributed by atoms with Crippen molar-refractivity contribution in [3.8, 4) is 0 Å². The number of fused-ring (bicyclic) bond motifs is 3. The molecule has 1 aromatic heterocycles. The van der Waals surface area contributed by atoms with Gasteiger partial charge >= 0.3 is 0 Å². The van der Waals surface area contributed by atoms with Gasteiger partial charge in [-0.2, -0.15) is 0 Å². The average molecular weight is 344 g/mol. The van der Waals surface area contributed by atoms with E-state index in [1.165, 1.54) is 30.4 Å². The number of aromatic nitrogens is 1. The van der Waals surface area contributed by atoms with Crippen LogP contribution in [-0.4, -0.2) is 22.5 Å². The summed E-state index contributed by atoms with van der Waals surface area (Å²) in [6, 6.07) is 19.6. The molecule has 6 rings (SSSR count). The molecule has 2 aromatic carbocycles. The lowest BCUT2D eigenvalue weighted by Gasteiger charge is -2.42. The third-order valence-electron chi connectivity index (χ3n) is 6.20. The summed E-state index contributed by atoms with van der Waals surface area (Å²) in [5.41, 5.74) is 4.90. The maximum absolute atomic E-state index is 12.6. The number of aromatic amines is 1. The van der Waals surface area contributed by atoms with Crippen molar-refractivity contribution in [2.75, 3.05) is 6.54 Å². The first-order chi connectivity index (χ1) is 12.8. The van der Waals surface area contributed by atoms with Crippen molar-refractivity contribution in [1.29, 1.82) is 0 Å². The number of hydrogen-bond acceptors (Lipinski definition) is 2. The highest BCUT2D eigenvalue weighted by Crippen LogP contribution is 2.32. The van der Waals surface area contributed by atoms with Crippen molar-refractivity contribution in [2.24, 2.45) is 5.92 Å². The van der Waals surface area contributed by atoms with Crippen LogP contribution in [0.4, 0.5) is 0 Å². The smallest absolute Gasteiger partial charge is 0.252 e. The third kappa shape index (κ3) is 2.86. The predicted molar refractivity (Wildman–Crippen MR) is 105 cm³/mol. The Balaban J connectivity index is 1.46. The van der Waals surface area contributed by atoms with Gasteiger partial charge in [-0.05, 0) is 60.2 Å². The molecule has 3 heterocycles. The molecule has 0 radical (unpaired) electrons. The van der Waals surface area contributed by atoms with Gasteiger partial charge < -0.3 is 4.98 Å². The third-order valence-corrected chi connectivity index (χ3v) is 6.20. The molecule has 3 aliphatic rings. The molecule has 2 bridgehead atoms. The second kappa shape index (κ2) is 6.40. The van der Waals surface area contributed by atoms with Crippen LogP contribution in [0.1, 0.15) is 29.5 Å². The van der Waals surface area contributed by atoms with E-state index in [1.807, 2.05) is 18.2 Å². The molecule has 26 heavy (non-hydrogen) atoms. The van der Waals surface area contributed by atoms with Gasteiger partial charge in [0, 0.05) is 30.2 Å². The Hall–Kier alpha value is -2.39. The maximum atomic E-state index is 12.6. The van der Waals surface area contributed by atoms with Crippen LogP contribution in [-0.2, 0) is 19.4 Å². The van der Waals surface area contributed by atoms with Crippen LogP contribution in [0.3, 0.4) is 0 Å². The van der Waals surface area contributed by atoms with Crippen LogP contribution in [0.25, 0.3) is 10.9 Å². The first-order valence-electron chi connectivity index (χ1n) is 9.68. The van der Waals surface area contributed by atoms with Crippen LogP contribution in [0, 0.1) is 5.92 Å². The molecule has 132 valence electrons. The minimum absolute atomic E-state index is 0.0574. The predicted octanol–water partition coefficient (Wildman–Crippen LogP) is 3.91. The Bertz CT molecular complexity index is 1010. The quantitative estimate of drug-likeness (QED) is 0.765. The lowest BCUT2D eigenvalue weighted by atomic mass is 9.80. The van der Waals surface area contributed by atoms with Gasteiger partial charge in [0.25, 0.3) is 5.56 Å². The summed E-state index contributed by atoms with van der Waals surface area (Å²) < 4.78 is 0. The molecule has 1 saturated heterocycles. The first kappa shape index (κ1) is 15.8. The van der Waals surface area contributed by atoms with E-state index in [0.29, 0.717) is 12.0 Å². The van der Waals surface area contributed by atoms with Crippen molar-refractivity contribution in [1.82, 2.24) is 9.88 Å². The number of para-hydroxylation sites is 1. The second-order valence-electron chi connectivity index (χ2n) is 7.91. The molecule has 2 atom stereocenters. The molecule has 3 heteroatoms. The van der Waals surface area contributed by atoms with Crippen LogP contribution in [0.15, 0.2) is 59.4 Å². The molecule has 0 spiro atoms. The highest BCUT2D eigenvalue weighted by atomic mass is 16.1. The van der Waals surface area contributed by atoms with E-state index in [1.54, 1.807) is 0 Å². The van der Waals surface area contributed by atoms with Crippen LogP contribution < -0.4 is 5.56 Å². The van der Waals surface area contributed by atoms with E-state index >= 15 is 0 Å². The van der Waals surface area contributed by atoms with Crippen LogP contribution in [0.2, 0.25) is 0 Å². The Labute approximate surface area is 153 Å². The normalized spacial score (nSPS) is 22.8. The molecular weight excluding hydrogens is 320 g/mol. The number of pyridine rings is 1. The summed E-state index contributed by atoms with van der Waals surface area (Å²) in [6.07, 6.45) is 4.83. The van der Waals surface area contributed by atoms with Gasteiger partial charge in [-0.15, -0.1) is 0 Å². The fourth-order valence-electron chi connectivity index (χ4n) is 4.82. The molecule has 1 fully saturated rings. The summed E-state index contributed by atoms with van der Waals surface area (Å²) >= 11 is 0. The largest absolute Gasteiger partial charge is 0.322 e. The standard InChI is InChI=1S/C23H24N2O/c26-23-20(12-19-7-3-4-8-22(19)24-23)15-25-14-16-9-10-21(25)13-18-6-2-1-5-17(18)11-16/h1-8,12,16,21H,9-11,13-15H2,(H,24,26)/t16-,21+/m1/s1. The summed E-state index contributed by atoms with van der Waals surface area (Å²) in [5.74, 6) is 0.701. The van der Waals surface area contributed by atoms with Crippen molar-refractivity contribution < 1.29 is 0 Å². The zero-order chi connectivity index (χ0) is 17.5. The topological polar surface area (TPSA) is 36.1 Å². The molecule has 2 aliphatic heterocycles. The SMILES string of the molecule is O=c1[nH]c2ccccc2cc1CN1C[C@@H]2CC[C@H]1Cc1ccccc1C2. The van der Waals surface area contributed by atoms with Gasteiger partial charge in [-0.1, -0.05) is 42.5 Å². The molecule has 0 unspecified atom stereocenters. The fraction of sp³-hybridized carbons (Fsp3) is 0.348. The Morgan fingerprint density at radius 2 is 1.73 bits per heavy atom. The van der Waals surface area contributed by atoms with Gasteiger partial charge in [-0.25, -0.2) is 0 Å². The molecular formula is C23H24N2O. The number of H-pyrrole nitrogens is 1. The number of hydrogen-bond donors (Lipinski definition) is 1. The van der Waals surface area contributed by atoms with E-state index in [-0.39, 0.29) is 5.56 Å². The van der Waals surface area contributed by atoms with Crippen molar-refractivity contribution in [3.05, 3.63) is 81.6 Å². The summed E-state index contributed by atoms with van der Waals surface area (Å²) in [7, 11) is 0. The van der Waals surface area contributed by atoms with Gasteiger partial charge in [0.15, 0.2) is 0 Å². The lowest BCUT2D eigenvalue weighted by molar-refractivity contribution is 0.0934. The highest BCUT2D eigenvalue weighted by Gasteiger charge is 2.32. The van der Waals surface area contributed by atoms with E-state index < -0.39 is 0 Å². The minimum Gasteiger partial charge on any atom is -0.322 e. The number of piperidine rings is 1. The molecule has 1 N–H and O–H groups in total. The van der Waals surface area contributed by atoms with Gasteiger partial charge in [0.1, 0.15) is 0 Å². The highest BCUT2D eigenvalue weighted by molar-refractivity contribution is 5.78. The van der Waals surface area contributed by atoms with E-state index in [9.17, 15) is 4.79 Å². The van der Waals surface area contributed by atoms with E-state index in [0.717, 1.165) is 36.0 Å². The van der Waals surface area contributed by atoms with Crippen molar-refractivity contribution in [3.63, 3.8) is 0 Å². The summed E-state index contributed by atoms with van der Waals surface area (Å²) in [5, 5.41) is 1.12. The number of nitrogens with one attached hydrogen (secondary N) is 1. The first-order valence-corrected chi connectivity index (χ1v) is 9.68. The van der Waals surface area contributed by atoms with Gasteiger partial charge in [0.2, 0.25) is 0 Å². The Kier molecular flexibility index (Phi) is 3.90. The van der Waals surface area contributed by atoms with E-state index in [4.69, 9.17) is 0 Å². The average Bonchev–Trinajstić information content (AvgIpc) is 2.63. The molecule has 3 nitrogen and oxygen atoms in total. The zero-order valence-corrected chi connectivity index (χ0v) is 14.9. The lowest BCUT2D eigenvalue weighted by Crippen LogP contribution is -2.46. The van der Waals surface area contributed by atoms with Crippen molar-refractivity contribution >= 4 is 10.9 Å². The maximum Gasteiger partial charge on any atom is 0.252 e. The van der Waals surface area contributed by atoms with Gasteiger partial charge in [-0.3, -0.25) is 9.69 Å².